The van der Waals surface area contributed by atoms with Crippen LogP contribution in [0.15, 0.2) is 0 Å². The second-order valence-corrected chi connectivity index (χ2v) is 5.91. The van der Waals surface area contributed by atoms with Gasteiger partial charge in [-0.15, -0.1) is 0 Å². The highest BCUT2D eigenvalue weighted by molar-refractivity contribution is 5.82. The summed E-state index contributed by atoms with van der Waals surface area (Å²) in [7, 11) is 0. The van der Waals surface area contributed by atoms with Crippen LogP contribution in [0, 0.1) is 5.92 Å². The first-order valence-electron chi connectivity index (χ1n) is 7.51. The van der Waals surface area contributed by atoms with Gasteiger partial charge in [0.1, 0.15) is 5.78 Å². The Bertz CT molecular complexity index is 342. The molecule has 0 N–H and O–H groups in total. The molecule has 2 rings (SSSR count). The summed E-state index contributed by atoms with van der Waals surface area (Å²) in [6.07, 6.45) is 5.66. The average molecular weight is 267 g/mol. The van der Waals surface area contributed by atoms with E-state index in [4.69, 9.17) is 4.74 Å². The van der Waals surface area contributed by atoms with E-state index in [1.807, 2.05) is 11.8 Å². The third kappa shape index (κ3) is 3.56. The summed E-state index contributed by atoms with van der Waals surface area (Å²) >= 11 is 0. The zero-order valence-corrected chi connectivity index (χ0v) is 12.1. The maximum absolute atomic E-state index is 12.7. The third-order valence-corrected chi connectivity index (χ3v) is 4.38. The number of likely N-dealkylation sites (tertiary alicyclic amines) is 1. The first-order chi connectivity index (χ1) is 9.09. The number of nitrogens with zero attached hydrogens (tertiary/aromatic N) is 1. The summed E-state index contributed by atoms with van der Waals surface area (Å²) in [5.41, 5.74) is 0. The lowest BCUT2D eigenvalue weighted by molar-refractivity contribution is -0.140. The molecular weight excluding hydrogens is 242 g/mol. The quantitative estimate of drug-likeness (QED) is 0.787. The van der Waals surface area contributed by atoms with Crippen molar-refractivity contribution in [1.82, 2.24) is 4.90 Å². The summed E-state index contributed by atoms with van der Waals surface area (Å²) in [6, 6.07) is 0.111. The van der Waals surface area contributed by atoms with Crippen LogP contribution in [0.3, 0.4) is 0 Å². The van der Waals surface area contributed by atoms with Crippen LogP contribution in [0.2, 0.25) is 0 Å². The fraction of sp³-hybridized carbons (Fsp3) is 0.867. The number of carbonyl (C=O) groups is 2. The van der Waals surface area contributed by atoms with Crippen LogP contribution in [0.5, 0.6) is 0 Å². The molecule has 2 saturated heterocycles. The van der Waals surface area contributed by atoms with Crippen molar-refractivity contribution < 1.29 is 14.3 Å². The topological polar surface area (TPSA) is 46.6 Å². The smallest absolute Gasteiger partial charge is 0.228 e. The van der Waals surface area contributed by atoms with Crippen molar-refractivity contribution in [2.75, 3.05) is 13.2 Å². The predicted octanol–water partition coefficient (Wildman–Crippen LogP) is 2.16. The Kier molecular flexibility index (Phi) is 4.97. The number of ketones is 1. The van der Waals surface area contributed by atoms with Gasteiger partial charge in [0.15, 0.2) is 0 Å². The van der Waals surface area contributed by atoms with Crippen molar-refractivity contribution in [2.45, 2.75) is 64.5 Å². The van der Waals surface area contributed by atoms with Gasteiger partial charge in [-0.25, -0.2) is 0 Å². The Balaban J connectivity index is 2.07. The number of hydrogen-bond donors (Lipinski definition) is 0. The van der Waals surface area contributed by atoms with Crippen LogP contribution in [0.1, 0.15) is 52.4 Å². The molecule has 1 amide bonds. The van der Waals surface area contributed by atoms with Crippen molar-refractivity contribution in [3.8, 4) is 0 Å². The molecule has 0 aromatic heterocycles. The fourth-order valence-corrected chi connectivity index (χ4v) is 3.28. The minimum absolute atomic E-state index is 0.00689. The van der Waals surface area contributed by atoms with Crippen LogP contribution >= 0.6 is 0 Å². The van der Waals surface area contributed by atoms with E-state index in [0.29, 0.717) is 13.0 Å². The molecule has 0 aliphatic carbocycles. The Morgan fingerprint density at radius 1 is 1.21 bits per heavy atom. The summed E-state index contributed by atoms with van der Waals surface area (Å²) < 4.78 is 5.51. The largest absolute Gasteiger partial charge is 0.378 e. The summed E-state index contributed by atoms with van der Waals surface area (Å²) in [4.78, 5) is 26.1. The van der Waals surface area contributed by atoms with Crippen molar-refractivity contribution in [2.24, 2.45) is 5.92 Å². The lowest BCUT2D eigenvalue weighted by Crippen LogP contribution is -2.45. The van der Waals surface area contributed by atoms with Gasteiger partial charge in [0.05, 0.1) is 12.0 Å². The highest BCUT2D eigenvalue weighted by atomic mass is 16.5. The second kappa shape index (κ2) is 6.51. The molecule has 108 valence electrons. The molecule has 2 aliphatic rings. The Morgan fingerprint density at radius 3 is 2.63 bits per heavy atom. The minimum Gasteiger partial charge on any atom is -0.378 e. The summed E-state index contributed by atoms with van der Waals surface area (Å²) in [5, 5.41) is 0. The van der Waals surface area contributed by atoms with Crippen LogP contribution < -0.4 is 0 Å². The molecule has 3 atom stereocenters. The summed E-state index contributed by atoms with van der Waals surface area (Å²) in [6.45, 7) is 5.09. The summed E-state index contributed by atoms with van der Waals surface area (Å²) in [5.74, 6) is 0.381. The normalized spacial score (nSPS) is 32.1. The minimum atomic E-state index is -0.00689. The first-order valence-corrected chi connectivity index (χ1v) is 7.51. The van der Waals surface area contributed by atoms with E-state index in [9.17, 15) is 9.59 Å². The standard InChI is InChI=1S/C15H25NO3/c1-11(17)10-13-6-4-3-5-8-16(13)15(18)14-7-9-19-12(14)2/h12-14H,3-10H2,1-2H3. The molecule has 4 nitrogen and oxygen atoms in total. The molecule has 0 aromatic rings. The fourth-order valence-electron chi connectivity index (χ4n) is 3.28. The number of hydrogen-bond acceptors (Lipinski definition) is 3. The number of rotatable bonds is 3. The molecule has 0 aromatic carbocycles. The van der Waals surface area contributed by atoms with E-state index in [1.54, 1.807) is 6.92 Å². The molecule has 3 unspecified atom stereocenters. The molecule has 0 spiro atoms. The molecule has 0 radical (unpaired) electrons. The van der Waals surface area contributed by atoms with Gasteiger partial charge in [0.2, 0.25) is 5.91 Å². The molecule has 4 heteroatoms. The maximum Gasteiger partial charge on any atom is 0.228 e. The highest BCUT2D eigenvalue weighted by Crippen LogP contribution is 2.27. The van der Waals surface area contributed by atoms with E-state index >= 15 is 0 Å². The molecule has 0 bridgehead atoms. The molecule has 2 heterocycles. The van der Waals surface area contributed by atoms with Gasteiger partial charge in [-0.2, -0.15) is 0 Å². The van der Waals surface area contributed by atoms with Gasteiger partial charge in [-0.05, 0) is 33.1 Å². The molecule has 2 aliphatic heterocycles. The van der Waals surface area contributed by atoms with Crippen LogP contribution in [0.4, 0.5) is 0 Å². The maximum atomic E-state index is 12.7. The van der Waals surface area contributed by atoms with E-state index in [1.165, 1.54) is 0 Å². The average Bonchev–Trinajstić information content (AvgIpc) is 2.64. The van der Waals surface area contributed by atoms with E-state index in [2.05, 4.69) is 0 Å². The molecule has 2 fully saturated rings. The van der Waals surface area contributed by atoms with Gasteiger partial charge in [0, 0.05) is 25.6 Å². The van der Waals surface area contributed by atoms with Gasteiger partial charge >= 0.3 is 0 Å². The Hall–Kier alpha value is -0.900. The predicted molar refractivity (Wildman–Crippen MR) is 72.8 cm³/mol. The zero-order chi connectivity index (χ0) is 13.8. The van der Waals surface area contributed by atoms with E-state index in [-0.39, 0.29) is 29.8 Å². The second-order valence-electron chi connectivity index (χ2n) is 5.91. The van der Waals surface area contributed by atoms with Crippen molar-refractivity contribution in [3.05, 3.63) is 0 Å². The zero-order valence-electron chi connectivity index (χ0n) is 12.1. The third-order valence-electron chi connectivity index (χ3n) is 4.38. The molecular formula is C15H25NO3. The van der Waals surface area contributed by atoms with Crippen molar-refractivity contribution in [3.63, 3.8) is 0 Å². The van der Waals surface area contributed by atoms with Gasteiger partial charge < -0.3 is 9.64 Å². The van der Waals surface area contributed by atoms with E-state index in [0.717, 1.165) is 38.6 Å². The van der Waals surface area contributed by atoms with Crippen LogP contribution in [-0.2, 0) is 14.3 Å². The molecule has 19 heavy (non-hydrogen) atoms. The van der Waals surface area contributed by atoms with E-state index < -0.39 is 0 Å². The first kappa shape index (κ1) is 14.5. The Morgan fingerprint density at radius 2 is 2.00 bits per heavy atom. The number of ether oxygens (including phenoxy) is 1. The number of carbonyl (C=O) groups excluding carboxylic acids is 2. The van der Waals surface area contributed by atoms with Crippen LogP contribution in [-0.4, -0.2) is 41.9 Å². The number of amides is 1. The van der Waals surface area contributed by atoms with Gasteiger partial charge in [-0.1, -0.05) is 12.8 Å². The lowest BCUT2D eigenvalue weighted by Gasteiger charge is -2.32. The van der Waals surface area contributed by atoms with Crippen LogP contribution in [0.25, 0.3) is 0 Å². The van der Waals surface area contributed by atoms with Crippen molar-refractivity contribution in [1.29, 1.82) is 0 Å². The highest BCUT2D eigenvalue weighted by Gasteiger charge is 2.36. The SMILES string of the molecule is CC(=O)CC1CCCCCN1C(=O)C1CCOC1C. The van der Waals surface area contributed by atoms with Gasteiger partial charge in [-0.3, -0.25) is 9.59 Å². The number of Topliss-reactive ketones (excluding diaryl/α,β-unsaturated/α-hetero) is 1. The van der Waals surface area contributed by atoms with Gasteiger partial charge in [0.25, 0.3) is 0 Å². The molecule has 0 saturated carbocycles. The Labute approximate surface area is 115 Å². The lowest BCUT2D eigenvalue weighted by atomic mass is 9.98. The van der Waals surface area contributed by atoms with Crippen molar-refractivity contribution >= 4 is 11.7 Å². The monoisotopic (exact) mass is 267 g/mol.